The third-order valence-corrected chi connectivity index (χ3v) is 5.47. The Labute approximate surface area is 195 Å². The molecule has 168 valence electrons. The van der Waals surface area contributed by atoms with Crippen molar-refractivity contribution in [1.82, 2.24) is 9.97 Å². The van der Waals surface area contributed by atoms with Crippen LogP contribution in [0.4, 0.5) is 4.39 Å². The van der Waals surface area contributed by atoms with E-state index in [4.69, 9.17) is 21.1 Å². The number of nitrogens with zero attached hydrogens (tertiary/aromatic N) is 3. The van der Waals surface area contributed by atoms with Gasteiger partial charge in [-0.05, 0) is 53.9 Å². The molecule has 0 atom stereocenters. The zero-order valence-corrected chi connectivity index (χ0v) is 18.7. The third-order valence-electron chi connectivity index (χ3n) is 5.05. The molecule has 0 radical (unpaired) electrons. The van der Waals surface area contributed by atoms with Gasteiger partial charge in [0.2, 0.25) is 0 Å². The number of amides is 1. The van der Waals surface area contributed by atoms with Gasteiger partial charge in [-0.3, -0.25) is 4.79 Å². The molecule has 33 heavy (non-hydrogen) atoms. The number of aromatic nitrogens is 2. The van der Waals surface area contributed by atoms with E-state index in [1.807, 2.05) is 13.0 Å². The van der Waals surface area contributed by atoms with Gasteiger partial charge >= 0.3 is 0 Å². The lowest BCUT2D eigenvalue weighted by Crippen LogP contribution is -2.16. The van der Waals surface area contributed by atoms with E-state index in [9.17, 15) is 9.18 Å². The second-order valence-electron chi connectivity index (χ2n) is 7.54. The molecule has 1 aliphatic heterocycles. The van der Waals surface area contributed by atoms with Crippen LogP contribution in [-0.4, -0.2) is 28.4 Å². The summed E-state index contributed by atoms with van der Waals surface area (Å²) in [6, 6.07) is 9.92. The molecule has 0 saturated heterocycles. The molecule has 1 aromatic heterocycles. The maximum absolute atomic E-state index is 14.5. The summed E-state index contributed by atoms with van der Waals surface area (Å²) < 4.78 is 25.8. The van der Waals surface area contributed by atoms with Crippen LogP contribution in [0.5, 0.6) is 11.5 Å². The van der Waals surface area contributed by atoms with E-state index in [0.717, 1.165) is 16.7 Å². The number of aryl methyl sites for hydroxylation is 1. The van der Waals surface area contributed by atoms with E-state index >= 15 is 0 Å². The van der Waals surface area contributed by atoms with Crippen LogP contribution < -0.4 is 4.74 Å². The van der Waals surface area contributed by atoms with Gasteiger partial charge in [0, 0.05) is 42.3 Å². The Hall–Kier alpha value is -3.58. The Morgan fingerprint density at radius 1 is 1.09 bits per heavy atom. The van der Waals surface area contributed by atoms with Crippen LogP contribution in [-0.2, 0) is 22.4 Å². The number of dihydropyridines is 1. The summed E-state index contributed by atoms with van der Waals surface area (Å²) in [5, 5.41) is 0.625. The van der Waals surface area contributed by atoms with E-state index in [-0.39, 0.29) is 18.3 Å². The van der Waals surface area contributed by atoms with Crippen molar-refractivity contribution in [3.05, 3.63) is 94.3 Å². The van der Waals surface area contributed by atoms with Crippen molar-refractivity contribution in [3.63, 3.8) is 0 Å². The number of rotatable bonds is 7. The van der Waals surface area contributed by atoms with E-state index in [1.165, 1.54) is 12.4 Å². The smallest absolute Gasteiger partial charge is 0.275 e. The fourth-order valence-electron chi connectivity index (χ4n) is 3.29. The van der Waals surface area contributed by atoms with Gasteiger partial charge in [0.25, 0.3) is 5.91 Å². The summed E-state index contributed by atoms with van der Waals surface area (Å²) in [6.07, 6.45) is 7.91. The van der Waals surface area contributed by atoms with E-state index in [1.54, 1.807) is 42.7 Å². The van der Waals surface area contributed by atoms with Gasteiger partial charge in [0.15, 0.2) is 17.5 Å². The lowest BCUT2D eigenvalue weighted by Gasteiger charge is -2.13. The lowest BCUT2D eigenvalue weighted by molar-refractivity contribution is -0.114. The molecule has 1 aliphatic rings. The standard InChI is InChI=1S/C25H21ClFN3O3/c1-16-10-20(4-5-21(16)26)33-23-6-2-17(12-22(23)27)8-9-32-24-7-3-19(25(31)30-24)11-18-13-28-15-29-14-18/h2-6,10,12-15H,7-9,11H2,1H3. The van der Waals surface area contributed by atoms with Crippen molar-refractivity contribution >= 4 is 23.4 Å². The van der Waals surface area contributed by atoms with Gasteiger partial charge in [-0.25, -0.2) is 14.4 Å². The molecule has 0 spiro atoms. The zero-order chi connectivity index (χ0) is 23.2. The molecular weight excluding hydrogens is 445 g/mol. The molecule has 0 N–H and O–H groups in total. The number of hydrogen-bond donors (Lipinski definition) is 0. The van der Waals surface area contributed by atoms with Gasteiger partial charge in [0.05, 0.1) is 6.61 Å². The molecule has 0 aliphatic carbocycles. The first-order chi connectivity index (χ1) is 16.0. The summed E-state index contributed by atoms with van der Waals surface area (Å²) >= 11 is 6.01. The summed E-state index contributed by atoms with van der Waals surface area (Å²) in [6.45, 7) is 2.13. The fourth-order valence-corrected chi connectivity index (χ4v) is 3.40. The number of halogens is 2. The number of benzene rings is 2. The summed E-state index contributed by atoms with van der Waals surface area (Å²) in [4.78, 5) is 24.2. The highest BCUT2D eigenvalue weighted by molar-refractivity contribution is 6.31. The zero-order valence-electron chi connectivity index (χ0n) is 17.9. The van der Waals surface area contributed by atoms with Gasteiger partial charge < -0.3 is 9.47 Å². The van der Waals surface area contributed by atoms with E-state index in [2.05, 4.69) is 15.0 Å². The van der Waals surface area contributed by atoms with Crippen LogP contribution in [0.2, 0.25) is 5.02 Å². The van der Waals surface area contributed by atoms with Gasteiger partial charge in [-0.15, -0.1) is 0 Å². The van der Waals surface area contributed by atoms with Crippen LogP contribution in [0.1, 0.15) is 23.1 Å². The number of carbonyl (C=O) groups is 1. The first kappa shape index (κ1) is 22.6. The molecule has 2 aromatic carbocycles. The average molecular weight is 466 g/mol. The van der Waals surface area contributed by atoms with Crippen molar-refractivity contribution in [2.24, 2.45) is 4.99 Å². The van der Waals surface area contributed by atoms with E-state index in [0.29, 0.717) is 41.5 Å². The molecule has 1 amide bonds. The van der Waals surface area contributed by atoms with Crippen LogP contribution in [0.15, 0.2) is 71.8 Å². The maximum Gasteiger partial charge on any atom is 0.275 e. The minimum atomic E-state index is -0.470. The molecule has 3 aromatic rings. The Kier molecular flexibility index (Phi) is 7.10. The van der Waals surface area contributed by atoms with Crippen LogP contribution >= 0.6 is 11.6 Å². The van der Waals surface area contributed by atoms with Crippen LogP contribution in [0, 0.1) is 12.7 Å². The molecule has 0 fully saturated rings. The van der Waals surface area contributed by atoms with E-state index < -0.39 is 5.82 Å². The first-order valence-corrected chi connectivity index (χ1v) is 10.8. The SMILES string of the molecule is Cc1cc(Oc2ccc(CCOC3=NC(=O)C(Cc4cncnc4)=CC3)cc2F)ccc1Cl. The summed E-state index contributed by atoms with van der Waals surface area (Å²) in [5.41, 5.74) is 3.03. The predicted molar refractivity (Wildman–Crippen MR) is 123 cm³/mol. The van der Waals surface area contributed by atoms with Crippen molar-refractivity contribution in [2.75, 3.05) is 6.61 Å². The second kappa shape index (κ2) is 10.4. The average Bonchev–Trinajstić information content (AvgIpc) is 2.80. The molecule has 8 heteroatoms. The van der Waals surface area contributed by atoms with Crippen LogP contribution in [0.25, 0.3) is 0 Å². The Morgan fingerprint density at radius 2 is 1.91 bits per heavy atom. The Bertz CT molecular complexity index is 1230. The van der Waals surface area contributed by atoms with Crippen molar-refractivity contribution in [1.29, 1.82) is 0 Å². The summed E-state index contributed by atoms with van der Waals surface area (Å²) in [5.74, 6) is 0.198. The number of aliphatic imine (C=N–C) groups is 1. The summed E-state index contributed by atoms with van der Waals surface area (Å²) in [7, 11) is 0. The molecule has 6 nitrogen and oxygen atoms in total. The van der Waals surface area contributed by atoms with Gasteiger partial charge in [-0.1, -0.05) is 23.7 Å². The number of hydrogen-bond acceptors (Lipinski definition) is 5. The minimum Gasteiger partial charge on any atom is -0.480 e. The predicted octanol–water partition coefficient (Wildman–Crippen LogP) is 5.43. The normalized spacial score (nSPS) is 13.4. The monoisotopic (exact) mass is 465 g/mol. The molecular formula is C25H21ClFN3O3. The van der Waals surface area contributed by atoms with Crippen molar-refractivity contribution in [3.8, 4) is 11.5 Å². The van der Waals surface area contributed by atoms with Gasteiger partial charge in [0.1, 0.15) is 12.1 Å². The van der Waals surface area contributed by atoms with Crippen molar-refractivity contribution in [2.45, 2.75) is 26.2 Å². The highest BCUT2D eigenvalue weighted by Crippen LogP contribution is 2.28. The quantitative estimate of drug-likeness (QED) is 0.465. The molecule has 0 unspecified atom stereocenters. The third kappa shape index (κ3) is 6.02. The lowest BCUT2D eigenvalue weighted by atomic mass is 10.0. The Balaban J connectivity index is 1.28. The first-order valence-electron chi connectivity index (χ1n) is 10.4. The minimum absolute atomic E-state index is 0.130. The molecule has 4 rings (SSSR count). The maximum atomic E-state index is 14.5. The number of carbonyl (C=O) groups excluding carboxylic acids is 1. The molecule has 2 heterocycles. The van der Waals surface area contributed by atoms with Crippen molar-refractivity contribution < 1.29 is 18.7 Å². The topological polar surface area (TPSA) is 73.7 Å². The van der Waals surface area contributed by atoms with Gasteiger partial charge in [-0.2, -0.15) is 4.99 Å². The fraction of sp³-hybridized carbons (Fsp3) is 0.200. The highest BCUT2D eigenvalue weighted by atomic mass is 35.5. The molecule has 0 saturated carbocycles. The molecule has 0 bridgehead atoms. The largest absolute Gasteiger partial charge is 0.480 e. The highest BCUT2D eigenvalue weighted by Gasteiger charge is 2.17. The van der Waals surface area contributed by atoms with Crippen LogP contribution in [0.3, 0.4) is 0 Å². The Morgan fingerprint density at radius 3 is 2.64 bits per heavy atom. The second-order valence-corrected chi connectivity index (χ2v) is 7.95. The number of ether oxygens (including phenoxy) is 2.